The Labute approximate surface area is 128 Å². The van der Waals surface area contributed by atoms with E-state index in [4.69, 9.17) is 0 Å². The maximum Gasteiger partial charge on any atom is 0.304 e. The van der Waals surface area contributed by atoms with E-state index in [2.05, 4.69) is 5.32 Å². The largest absolute Gasteiger partial charge is 0.318 e. The number of rotatable bonds is 5. The summed E-state index contributed by atoms with van der Waals surface area (Å²) in [5.41, 5.74) is 1.77. The number of likely N-dealkylation sites (N-methyl/N-ethyl adjacent to an activating group) is 1. The average molecular weight is 311 g/mol. The van der Waals surface area contributed by atoms with E-state index < -0.39 is 10.2 Å². The second-order valence-corrected chi connectivity index (χ2v) is 7.54. The van der Waals surface area contributed by atoms with Crippen molar-refractivity contribution in [2.45, 2.75) is 32.2 Å². The van der Waals surface area contributed by atoms with Crippen LogP contribution in [0.15, 0.2) is 24.3 Å². The highest BCUT2D eigenvalue weighted by atomic mass is 32.2. The maximum atomic E-state index is 12.9. The highest BCUT2D eigenvalue weighted by Gasteiger charge is 2.34. The van der Waals surface area contributed by atoms with Gasteiger partial charge in [0.2, 0.25) is 0 Å². The highest BCUT2D eigenvalue weighted by molar-refractivity contribution is 7.90. The van der Waals surface area contributed by atoms with Gasteiger partial charge in [0.25, 0.3) is 0 Å². The molecule has 1 atom stereocenters. The minimum Gasteiger partial charge on any atom is -0.318 e. The molecule has 0 amide bonds. The summed E-state index contributed by atoms with van der Waals surface area (Å²) < 4.78 is 28.9. The van der Waals surface area contributed by atoms with Crippen LogP contribution in [0.25, 0.3) is 0 Å². The zero-order chi connectivity index (χ0) is 15.5. The first kappa shape index (κ1) is 16.3. The second-order valence-electron chi connectivity index (χ2n) is 5.63. The van der Waals surface area contributed by atoms with Crippen LogP contribution in [0.4, 0.5) is 5.69 Å². The first-order valence-corrected chi connectivity index (χ1v) is 8.83. The van der Waals surface area contributed by atoms with Crippen molar-refractivity contribution < 1.29 is 8.42 Å². The molecule has 1 heterocycles. The Bertz CT molecular complexity index is 572. The van der Waals surface area contributed by atoms with Gasteiger partial charge in [0.05, 0.1) is 5.69 Å². The molecule has 1 N–H and O–H groups in total. The fourth-order valence-corrected chi connectivity index (χ4v) is 4.44. The summed E-state index contributed by atoms with van der Waals surface area (Å²) in [4.78, 5) is 0. The molecule has 1 aliphatic rings. The standard InChI is InChI=1S/C15H25N3O2S/c1-13-7-6-9-14(11-13)17(3)21(19,20)18-10-5-4-8-15(18)12-16-2/h6-7,9,11,15-16H,4-5,8,10,12H2,1-3H3. The van der Waals surface area contributed by atoms with Crippen LogP contribution in [-0.2, 0) is 10.2 Å². The summed E-state index contributed by atoms with van der Waals surface area (Å²) >= 11 is 0. The Hall–Kier alpha value is -1.11. The predicted octanol–water partition coefficient (Wildman–Crippen LogP) is 1.75. The lowest BCUT2D eigenvalue weighted by Crippen LogP contribution is -2.52. The molecule has 2 rings (SSSR count). The van der Waals surface area contributed by atoms with Crippen molar-refractivity contribution in [1.82, 2.24) is 9.62 Å². The molecule has 1 aromatic carbocycles. The van der Waals surface area contributed by atoms with E-state index >= 15 is 0 Å². The van der Waals surface area contributed by atoms with Crippen molar-refractivity contribution in [3.8, 4) is 0 Å². The van der Waals surface area contributed by atoms with Crippen LogP contribution in [0.3, 0.4) is 0 Å². The summed E-state index contributed by atoms with van der Waals surface area (Å²) in [7, 11) is 0.0223. The van der Waals surface area contributed by atoms with E-state index in [9.17, 15) is 8.42 Å². The van der Waals surface area contributed by atoms with Gasteiger partial charge in [0, 0.05) is 26.2 Å². The molecular weight excluding hydrogens is 286 g/mol. The minimum absolute atomic E-state index is 0.0426. The molecule has 1 saturated heterocycles. The molecule has 0 saturated carbocycles. The molecule has 1 aliphatic heterocycles. The normalized spacial score (nSPS) is 20.4. The second kappa shape index (κ2) is 6.77. The van der Waals surface area contributed by atoms with Gasteiger partial charge in [-0.15, -0.1) is 0 Å². The Morgan fingerprint density at radius 3 is 2.81 bits per heavy atom. The van der Waals surface area contributed by atoms with Crippen molar-refractivity contribution >= 4 is 15.9 Å². The van der Waals surface area contributed by atoms with Crippen molar-refractivity contribution in [3.63, 3.8) is 0 Å². The van der Waals surface area contributed by atoms with Gasteiger partial charge in [-0.05, 0) is 44.5 Å². The van der Waals surface area contributed by atoms with Crippen LogP contribution < -0.4 is 9.62 Å². The lowest BCUT2D eigenvalue weighted by atomic mass is 10.1. The zero-order valence-electron chi connectivity index (χ0n) is 13.0. The van der Waals surface area contributed by atoms with Crippen LogP contribution >= 0.6 is 0 Å². The summed E-state index contributed by atoms with van der Waals surface area (Å²) in [5.74, 6) is 0. The van der Waals surface area contributed by atoms with Crippen LogP contribution in [-0.4, -0.2) is 45.9 Å². The molecule has 0 spiro atoms. The number of anilines is 1. The number of nitrogens with one attached hydrogen (secondary N) is 1. The third-order valence-electron chi connectivity index (χ3n) is 4.02. The van der Waals surface area contributed by atoms with E-state index in [1.807, 2.05) is 38.2 Å². The van der Waals surface area contributed by atoms with Gasteiger partial charge in [0.1, 0.15) is 0 Å². The smallest absolute Gasteiger partial charge is 0.304 e. The van der Waals surface area contributed by atoms with Crippen molar-refractivity contribution in [2.24, 2.45) is 0 Å². The van der Waals surface area contributed by atoms with E-state index in [-0.39, 0.29) is 6.04 Å². The third kappa shape index (κ3) is 3.56. The fraction of sp³-hybridized carbons (Fsp3) is 0.600. The quantitative estimate of drug-likeness (QED) is 0.901. The number of hydrogen-bond donors (Lipinski definition) is 1. The van der Waals surface area contributed by atoms with Gasteiger partial charge in [-0.1, -0.05) is 18.6 Å². The summed E-state index contributed by atoms with van der Waals surface area (Å²) in [6, 6.07) is 7.63. The fourth-order valence-electron chi connectivity index (χ4n) is 2.83. The Morgan fingerprint density at radius 1 is 1.38 bits per heavy atom. The predicted molar refractivity (Wildman–Crippen MR) is 86.8 cm³/mol. The lowest BCUT2D eigenvalue weighted by Gasteiger charge is -2.37. The van der Waals surface area contributed by atoms with Gasteiger partial charge < -0.3 is 5.32 Å². The van der Waals surface area contributed by atoms with Crippen LogP contribution in [0.5, 0.6) is 0 Å². The molecule has 0 aromatic heterocycles. The van der Waals surface area contributed by atoms with Gasteiger partial charge in [-0.25, -0.2) is 0 Å². The molecule has 0 bridgehead atoms. The van der Waals surface area contributed by atoms with E-state index in [0.29, 0.717) is 18.8 Å². The molecule has 0 aliphatic carbocycles. The Morgan fingerprint density at radius 2 is 2.14 bits per heavy atom. The summed E-state index contributed by atoms with van der Waals surface area (Å²) in [6.45, 7) is 3.26. The Kier molecular flexibility index (Phi) is 5.24. The molecule has 118 valence electrons. The summed E-state index contributed by atoms with van der Waals surface area (Å²) in [5, 5.41) is 3.10. The molecule has 0 radical (unpaired) electrons. The van der Waals surface area contributed by atoms with Gasteiger partial charge in [-0.2, -0.15) is 12.7 Å². The number of benzene rings is 1. The first-order chi connectivity index (χ1) is 9.96. The maximum absolute atomic E-state index is 12.9. The topological polar surface area (TPSA) is 52.7 Å². The van der Waals surface area contributed by atoms with Gasteiger partial charge in [0.15, 0.2) is 0 Å². The Balaban J connectivity index is 2.26. The van der Waals surface area contributed by atoms with E-state index in [1.165, 1.54) is 4.31 Å². The van der Waals surface area contributed by atoms with Crippen molar-refractivity contribution in [3.05, 3.63) is 29.8 Å². The van der Waals surface area contributed by atoms with Crippen LogP contribution in [0.2, 0.25) is 0 Å². The molecule has 1 fully saturated rings. The summed E-state index contributed by atoms with van der Waals surface area (Å²) in [6.07, 6.45) is 2.94. The number of nitrogens with zero attached hydrogens (tertiary/aromatic N) is 2. The zero-order valence-corrected chi connectivity index (χ0v) is 13.9. The van der Waals surface area contributed by atoms with Crippen LogP contribution in [0.1, 0.15) is 24.8 Å². The number of hydrogen-bond acceptors (Lipinski definition) is 3. The van der Waals surface area contributed by atoms with E-state index in [1.54, 1.807) is 11.4 Å². The van der Waals surface area contributed by atoms with Crippen molar-refractivity contribution in [1.29, 1.82) is 0 Å². The number of piperidine rings is 1. The molecule has 6 heteroatoms. The highest BCUT2D eigenvalue weighted by Crippen LogP contribution is 2.25. The third-order valence-corrected chi connectivity index (χ3v) is 6.00. The van der Waals surface area contributed by atoms with Gasteiger partial charge in [-0.3, -0.25) is 4.31 Å². The molecule has 21 heavy (non-hydrogen) atoms. The minimum atomic E-state index is -3.48. The molecular formula is C15H25N3O2S. The van der Waals surface area contributed by atoms with E-state index in [0.717, 1.165) is 24.8 Å². The molecule has 1 unspecified atom stereocenters. The lowest BCUT2D eigenvalue weighted by molar-refractivity contribution is 0.248. The molecule has 5 nitrogen and oxygen atoms in total. The average Bonchev–Trinajstić information content (AvgIpc) is 2.47. The van der Waals surface area contributed by atoms with Crippen LogP contribution in [0, 0.1) is 6.92 Å². The monoisotopic (exact) mass is 311 g/mol. The van der Waals surface area contributed by atoms with Crippen molar-refractivity contribution in [2.75, 3.05) is 31.5 Å². The number of aryl methyl sites for hydroxylation is 1. The first-order valence-electron chi connectivity index (χ1n) is 7.44. The van der Waals surface area contributed by atoms with Gasteiger partial charge >= 0.3 is 10.2 Å². The SMILES string of the molecule is CNCC1CCCCN1S(=O)(=O)N(C)c1cccc(C)c1. The molecule has 1 aromatic rings.